The molecule has 0 saturated heterocycles. The Kier molecular flexibility index (Phi) is 104. The van der Waals surface area contributed by atoms with Crippen LogP contribution in [0.15, 0.2) is 0 Å². The van der Waals surface area contributed by atoms with Gasteiger partial charge in [-0.25, -0.2) is 0 Å². The Balaban J connectivity index is 0. The Labute approximate surface area is 105 Å². The van der Waals surface area contributed by atoms with Crippen LogP contribution < -0.4 is 0 Å². The molecule has 0 heterocycles. The minimum atomic E-state index is 0. The monoisotopic (exact) mass is 289 g/mol. The molecule has 0 aromatic rings. The van der Waals surface area contributed by atoms with Crippen molar-refractivity contribution in [2.45, 2.75) is 0 Å². The van der Waals surface area contributed by atoms with Crippen molar-refractivity contribution in [1.29, 1.82) is 0 Å². The van der Waals surface area contributed by atoms with Gasteiger partial charge in [-0.05, 0) is 0 Å². The standard InChI is InChI=1S/Ca.Cr.Fe.La.2H. The van der Waals surface area contributed by atoms with Gasteiger partial charge in [-0.15, -0.1) is 0 Å². The zero-order valence-corrected chi connectivity index (χ0v) is 7.34. The molecule has 0 aromatic heterocycles. The van der Waals surface area contributed by atoms with E-state index in [0.29, 0.717) is 0 Å². The number of hydrogen-bond donors (Lipinski definition) is 0. The van der Waals surface area contributed by atoms with Crippen LogP contribution in [0.4, 0.5) is 0 Å². The normalized spacial score (nSPS) is 0. The Morgan fingerprint density at radius 1 is 1.00 bits per heavy atom. The molecular formula is H2CaCrFeLa. The predicted octanol–water partition coefficient (Wildman–Crippen LogP) is -0.921. The van der Waals surface area contributed by atoms with Crippen LogP contribution >= 0.6 is 0 Å². The Morgan fingerprint density at radius 3 is 1.00 bits per heavy atom. The fraction of sp³-hybridized carbons (Fsp3) is 0. The first kappa shape index (κ1) is 25.8. The topological polar surface area (TPSA) is 0 Å². The molecule has 0 rings (SSSR count). The van der Waals surface area contributed by atoms with Gasteiger partial charge in [0, 0.05) is 70.0 Å². The van der Waals surface area contributed by atoms with E-state index in [1.165, 1.54) is 0 Å². The van der Waals surface area contributed by atoms with Gasteiger partial charge in [0.1, 0.15) is 0 Å². The van der Waals surface area contributed by atoms with Crippen molar-refractivity contribution in [2.24, 2.45) is 0 Å². The zero-order chi connectivity index (χ0) is 0. The third kappa shape index (κ3) is 9.10. The maximum absolute atomic E-state index is 0. The van der Waals surface area contributed by atoms with Gasteiger partial charge in [0.15, 0.2) is 0 Å². The summed E-state index contributed by atoms with van der Waals surface area (Å²) in [5.41, 5.74) is 0. The van der Waals surface area contributed by atoms with E-state index in [9.17, 15) is 0 Å². The first-order valence-electron chi connectivity index (χ1n) is 0. The van der Waals surface area contributed by atoms with Crippen molar-refractivity contribution in [2.75, 3.05) is 0 Å². The fourth-order valence-electron chi connectivity index (χ4n) is 0. The van der Waals surface area contributed by atoms with E-state index in [1.54, 1.807) is 0 Å². The zero-order valence-electron chi connectivity index (χ0n) is 1.34. The van der Waals surface area contributed by atoms with E-state index in [1.807, 2.05) is 0 Å². The summed E-state index contributed by atoms with van der Waals surface area (Å²) in [5.74, 6) is 0. The van der Waals surface area contributed by atoms with Gasteiger partial charge in [0.25, 0.3) is 0 Å². The summed E-state index contributed by atoms with van der Waals surface area (Å²) in [6.45, 7) is 0. The molecule has 21 valence electrons. The maximum atomic E-state index is 0. The van der Waals surface area contributed by atoms with Crippen LogP contribution in [0.2, 0.25) is 0 Å². The van der Waals surface area contributed by atoms with Gasteiger partial charge in [0.2, 0.25) is 0 Å². The molecule has 0 aliphatic carbocycles. The van der Waals surface area contributed by atoms with Crippen molar-refractivity contribution in [3.63, 3.8) is 0 Å². The van der Waals surface area contributed by atoms with E-state index < -0.39 is 0 Å². The third-order valence-electron chi connectivity index (χ3n) is 0. The van der Waals surface area contributed by atoms with Crippen molar-refractivity contribution >= 4 is 37.7 Å². The minimum absolute atomic E-state index is 0. The molecule has 0 N–H and O–H groups in total. The van der Waals surface area contributed by atoms with Crippen LogP contribution in [0.5, 0.6) is 0 Å². The van der Waals surface area contributed by atoms with Gasteiger partial charge in [-0.3, -0.25) is 0 Å². The molecule has 0 atom stereocenters. The molecule has 0 aliphatic rings. The molecule has 4 heteroatoms. The molecule has 0 fully saturated rings. The van der Waals surface area contributed by atoms with Gasteiger partial charge >= 0.3 is 37.7 Å². The third-order valence-corrected chi connectivity index (χ3v) is 0. The van der Waals surface area contributed by atoms with Crippen molar-refractivity contribution in [1.82, 2.24) is 0 Å². The summed E-state index contributed by atoms with van der Waals surface area (Å²) in [7, 11) is 0. The summed E-state index contributed by atoms with van der Waals surface area (Å²) in [6, 6.07) is 0. The van der Waals surface area contributed by atoms with Crippen LogP contribution in [0, 0.1) is 35.6 Å². The average molecular weight is 289 g/mol. The molecule has 0 amide bonds. The van der Waals surface area contributed by atoms with E-state index in [2.05, 4.69) is 0 Å². The van der Waals surface area contributed by atoms with Crippen molar-refractivity contribution in [3.05, 3.63) is 0 Å². The van der Waals surface area contributed by atoms with Crippen LogP contribution in [0.25, 0.3) is 0 Å². The Morgan fingerprint density at radius 2 is 1.00 bits per heavy atom. The molecule has 0 unspecified atom stereocenters. The predicted molar refractivity (Wildman–Crippen MR) is 8.54 cm³/mol. The quantitative estimate of drug-likeness (QED) is 0.506. The summed E-state index contributed by atoms with van der Waals surface area (Å²) in [4.78, 5) is 0. The molecule has 0 nitrogen and oxygen atoms in total. The van der Waals surface area contributed by atoms with E-state index in [0.717, 1.165) is 0 Å². The first-order valence-corrected chi connectivity index (χ1v) is 0. The largest absolute Gasteiger partial charge is 0 e. The molecule has 1 radical (unpaired) electrons. The smallest absolute Gasteiger partial charge is 0 e. The fourth-order valence-corrected chi connectivity index (χ4v) is 0. The number of rotatable bonds is 0. The second-order valence-corrected chi connectivity index (χ2v) is 0. The Bertz CT molecular complexity index is 8.00. The van der Waals surface area contributed by atoms with Crippen LogP contribution in [-0.4, -0.2) is 37.7 Å². The van der Waals surface area contributed by atoms with E-state index >= 15 is 0 Å². The van der Waals surface area contributed by atoms with Gasteiger partial charge in [-0.1, -0.05) is 0 Å². The number of hydrogen-bond acceptors (Lipinski definition) is 0. The average Bonchev–Trinajstić information content (AvgIpc) is 0. The Hall–Kier alpha value is 3.51. The van der Waals surface area contributed by atoms with Crippen molar-refractivity contribution < 1.29 is 70.0 Å². The molecule has 0 aliphatic heterocycles. The van der Waals surface area contributed by atoms with Crippen LogP contribution in [0.1, 0.15) is 0 Å². The van der Waals surface area contributed by atoms with E-state index in [-0.39, 0.29) is 108 Å². The second-order valence-electron chi connectivity index (χ2n) is 0. The maximum Gasteiger partial charge on any atom is 0 e. The molecule has 0 saturated carbocycles. The van der Waals surface area contributed by atoms with Crippen LogP contribution in [0.3, 0.4) is 0 Å². The van der Waals surface area contributed by atoms with E-state index in [4.69, 9.17) is 0 Å². The minimum Gasteiger partial charge on any atom is 0 e. The van der Waals surface area contributed by atoms with Gasteiger partial charge in [-0.2, -0.15) is 0 Å². The second kappa shape index (κ2) is 16.0. The molecule has 0 spiro atoms. The molecular weight excluding hydrogens is 287 g/mol. The van der Waals surface area contributed by atoms with Gasteiger partial charge < -0.3 is 0 Å². The SMILES string of the molecule is [CaH2].[Cr].[Fe].[La]. The summed E-state index contributed by atoms with van der Waals surface area (Å²) in [6.07, 6.45) is 0. The van der Waals surface area contributed by atoms with Gasteiger partial charge in [0.05, 0.1) is 0 Å². The molecule has 0 aromatic carbocycles. The summed E-state index contributed by atoms with van der Waals surface area (Å²) in [5, 5.41) is 0. The summed E-state index contributed by atoms with van der Waals surface area (Å²) < 4.78 is 0. The first-order chi connectivity index (χ1) is 0. The molecule has 0 bridgehead atoms. The summed E-state index contributed by atoms with van der Waals surface area (Å²) >= 11 is 0. The van der Waals surface area contributed by atoms with Crippen molar-refractivity contribution in [3.8, 4) is 0 Å². The molecule has 4 heavy (non-hydrogen) atoms. The van der Waals surface area contributed by atoms with Crippen LogP contribution in [-0.2, 0) is 34.4 Å².